The Balaban J connectivity index is 1.62. The molecule has 1 heterocycles. The van der Waals surface area contributed by atoms with E-state index in [1.807, 2.05) is 49.5 Å². The molecule has 0 radical (unpaired) electrons. The molecule has 146 valence electrons. The van der Waals surface area contributed by atoms with Gasteiger partial charge in [0.2, 0.25) is 5.78 Å². The second-order valence-corrected chi connectivity index (χ2v) is 8.03. The summed E-state index contributed by atoms with van der Waals surface area (Å²) in [5, 5.41) is 12.6. The normalized spacial score (nSPS) is 15.2. The minimum absolute atomic E-state index is 0.105. The molecule has 4 nitrogen and oxygen atoms in total. The second-order valence-electron chi connectivity index (χ2n) is 7.18. The smallest absolute Gasteiger partial charge is 0.231 e. The number of ether oxygens (including phenoxy) is 1. The minimum Gasteiger partial charge on any atom is -0.872 e. The number of carbonyl (C=O) groups excluding carboxylic acids is 1. The predicted molar refractivity (Wildman–Crippen MR) is 114 cm³/mol. The Bertz CT molecular complexity index is 1090. The van der Waals surface area contributed by atoms with Gasteiger partial charge in [-0.15, -0.1) is 0 Å². The SMILES string of the molecule is C[NH+](Cc1ccccc1)Cc1c([O-])ccc2c1O/C(=C\c1ccccc1Br)C2=O. The molecule has 0 saturated heterocycles. The van der Waals surface area contributed by atoms with Gasteiger partial charge in [0.15, 0.2) is 5.76 Å². The highest BCUT2D eigenvalue weighted by molar-refractivity contribution is 9.10. The molecule has 3 aromatic rings. The molecule has 0 fully saturated rings. The lowest BCUT2D eigenvalue weighted by Crippen LogP contribution is -3.06. The average molecular weight is 450 g/mol. The molecule has 3 aromatic carbocycles. The summed E-state index contributed by atoms with van der Waals surface area (Å²) in [6.07, 6.45) is 1.71. The Hall–Kier alpha value is -2.89. The van der Waals surface area contributed by atoms with Crippen molar-refractivity contribution in [2.75, 3.05) is 7.05 Å². The van der Waals surface area contributed by atoms with Crippen LogP contribution in [0.5, 0.6) is 11.5 Å². The van der Waals surface area contributed by atoms with Crippen molar-refractivity contribution in [2.45, 2.75) is 13.1 Å². The Morgan fingerprint density at radius 1 is 1.00 bits per heavy atom. The number of ketones is 1. The molecule has 4 rings (SSSR count). The number of quaternary nitrogens is 1. The molecule has 1 atom stereocenters. The van der Waals surface area contributed by atoms with Gasteiger partial charge in [-0.25, -0.2) is 0 Å². The molecular weight excluding hydrogens is 430 g/mol. The summed E-state index contributed by atoms with van der Waals surface area (Å²) in [5.41, 5.74) is 3.03. The van der Waals surface area contributed by atoms with E-state index in [1.165, 1.54) is 11.6 Å². The summed E-state index contributed by atoms with van der Waals surface area (Å²) < 4.78 is 6.79. The average Bonchev–Trinajstić information content (AvgIpc) is 3.02. The van der Waals surface area contributed by atoms with E-state index in [0.29, 0.717) is 23.4 Å². The van der Waals surface area contributed by atoms with Gasteiger partial charge < -0.3 is 14.7 Å². The standard InChI is InChI=1S/C24H20BrNO3/c1-26(14-16-7-3-2-4-8-16)15-19-21(27)12-11-18-23(28)22(29-24(18)19)13-17-9-5-6-10-20(17)25/h2-13,27H,14-15H2,1H3/b22-13-. The van der Waals surface area contributed by atoms with Crippen LogP contribution in [0.3, 0.4) is 0 Å². The van der Waals surface area contributed by atoms with E-state index in [1.54, 1.807) is 12.1 Å². The number of carbonyl (C=O) groups is 1. The summed E-state index contributed by atoms with van der Waals surface area (Å²) in [6.45, 7) is 1.25. The van der Waals surface area contributed by atoms with Gasteiger partial charge in [0, 0.05) is 15.6 Å². The summed E-state index contributed by atoms with van der Waals surface area (Å²) in [4.78, 5) is 14.0. The summed E-state index contributed by atoms with van der Waals surface area (Å²) >= 11 is 3.48. The van der Waals surface area contributed by atoms with Crippen LogP contribution < -0.4 is 14.7 Å². The molecule has 1 aliphatic rings. The number of halogens is 1. The molecule has 29 heavy (non-hydrogen) atoms. The number of benzene rings is 3. The molecule has 0 amide bonds. The Morgan fingerprint density at radius 2 is 1.72 bits per heavy atom. The number of hydrogen-bond donors (Lipinski definition) is 1. The third-order valence-corrected chi connectivity index (χ3v) is 5.64. The van der Waals surface area contributed by atoms with Crippen molar-refractivity contribution in [2.24, 2.45) is 0 Å². The second kappa shape index (κ2) is 8.23. The maximum atomic E-state index is 12.8. The number of nitrogens with one attached hydrogen (secondary N) is 1. The first-order valence-corrected chi connectivity index (χ1v) is 10.2. The van der Waals surface area contributed by atoms with Gasteiger partial charge in [-0.2, -0.15) is 0 Å². The molecule has 0 aromatic heterocycles. The number of Topliss-reactive ketones (excluding diaryl/α,β-unsaturated/α-hetero) is 1. The van der Waals surface area contributed by atoms with E-state index in [2.05, 4.69) is 28.1 Å². The van der Waals surface area contributed by atoms with Crippen LogP contribution in [0.2, 0.25) is 0 Å². The molecule has 0 aliphatic carbocycles. The van der Waals surface area contributed by atoms with Gasteiger partial charge in [0.25, 0.3) is 0 Å². The number of rotatable bonds is 5. The van der Waals surface area contributed by atoms with Crippen LogP contribution in [0.25, 0.3) is 6.08 Å². The molecule has 0 saturated carbocycles. The van der Waals surface area contributed by atoms with Crippen LogP contribution >= 0.6 is 15.9 Å². The summed E-state index contributed by atoms with van der Waals surface area (Å²) in [7, 11) is 2.03. The topological polar surface area (TPSA) is 53.8 Å². The van der Waals surface area contributed by atoms with Crippen LogP contribution in [-0.2, 0) is 13.1 Å². The highest BCUT2D eigenvalue weighted by Gasteiger charge is 2.30. The molecule has 5 heteroatoms. The largest absolute Gasteiger partial charge is 0.872 e. The van der Waals surface area contributed by atoms with E-state index in [-0.39, 0.29) is 17.3 Å². The zero-order valence-corrected chi connectivity index (χ0v) is 17.5. The monoisotopic (exact) mass is 449 g/mol. The lowest BCUT2D eigenvalue weighted by Gasteiger charge is -2.20. The number of fused-ring (bicyclic) bond motifs is 1. The van der Waals surface area contributed by atoms with Gasteiger partial charge in [-0.1, -0.05) is 76.3 Å². The summed E-state index contributed by atoms with van der Waals surface area (Å²) in [5.74, 6) is 0.330. The molecular formula is C24H20BrNO3. The van der Waals surface area contributed by atoms with E-state index in [0.717, 1.165) is 21.5 Å². The van der Waals surface area contributed by atoms with Crippen molar-refractivity contribution in [3.05, 3.63) is 99.2 Å². The van der Waals surface area contributed by atoms with E-state index < -0.39 is 0 Å². The first-order chi connectivity index (χ1) is 14.0. The van der Waals surface area contributed by atoms with Gasteiger partial charge >= 0.3 is 0 Å². The van der Waals surface area contributed by atoms with Crippen molar-refractivity contribution in [3.63, 3.8) is 0 Å². The van der Waals surface area contributed by atoms with E-state index in [9.17, 15) is 9.90 Å². The fourth-order valence-electron chi connectivity index (χ4n) is 3.50. The molecule has 1 N–H and O–H groups in total. The zero-order valence-electron chi connectivity index (χ0n) is 15.9. The van der Waals surface area contributed by atoms with Crippen LogP contribution in [0.1, 0.15) is 27.0 Å². The van der Waals surface area contributed by atoms with Crippen LogP contribution in [-0.4, -0.2) is 12.8 Å². The van der Waals surface area contributed by atoms with Crippen LogP contribution in [0, 0.1) is 0 Å². The third-order valence-electron chi connectivity index (χ3n) is 4.92. The minimum atomic E-state index is -0.197. The fraction of sp³-hybridized carbons (Fsp3) is 0.125. The van der Waals surface area contributed by atoms with Crippen LogP contribution in [0.15, 0.2) is 77.0 Å². The van der Waals surface area contributed by atoms with Gasteiger partial charge in [-0.05, 0) is 23.8 Å². The maximum Gasteiger partial charge on any atom is 0.231 e. The van der Waals surface area contributed by atoms with E-state index >= 15 is 0 Å². The maximum absolute atomic E-state index is 12.8. The van der Waals surface area contributed by atoms with E-state index in [4.69, 9.17) is 4.74 Å². The van der Waals surface area contributed by atoms with Crippen molar-refractivity contribution < 1.29 is 19.5 Å². The molecule has 0 bridgehead atoms. The first kappa shape index (κ1) is 19.4. The first-order valence-electron chi connectivity index (χ1n) is 9.40. The van der Waals surface area contributed by atoms with Crippen LogP contribution in [0.4, 0.5) is 0 Å². The highest BCUT2D eigenvalue weighted by atomic mass is 79.9. The van der Waals surface area contributed by atoms with Crippen molar-refractivity contribution >= 4 is 27.8 Å². The number of hydrogen-bond acceptors (Lipinski definition) is 3. The molecule has 0 spiro atoms. The Kier molecular flexibility index (Phi) is 5.51. The lowest BCUT2D eigenvalue weighted by atomic mass is 10.0. The van der Waals surface area contributed by atoms with Gasteiger partial charge in [0.1, 0.15) is 18.8 Å². The van der Waals surface area contributed by atoms with Gasteiger partial charge in [-0.3, -0.25) is 4.79 Å². The Morgan fingerprint density at radius 3 is 2.48 bits per heavy atom. The van der Waals surface area contributed by atoms with Gasteiger partial charge in [0.05, 0.1) is 12.6 Å². The number of allylic oxidation sites excluding steroid dienone is 1. The molecule has 1 aliphatic heterocycles. The third kappa shape index (κ3) is 4.11. The fourth-order valence-corrected chi connectivity index (χ4v) is 3.90. The predicted octanol–water partition coefficient (Wildman–Crippen LogP) is 3.35. The van der Waals surface area contributed by atoms with Crippen molar-refractivity contribution in [1.82, 2.24) is 0 Å². The quantitative estimate of drug-likeness (QED) is 0.607. The highest BCUT2D eigenvalue weighted by Crippen LogP contribution is 2.38. The van der Waals surface area contributed by atoms with Crippen molar-refractivity contribution in [3.8, 4) is 11.5 Å². The lowest BCUT2D eigenvalue weighted by molar-refractivity contribution is -0.907. The van der Waals surface area contributed by atoms with Crippen molar-refractivity contribution in [1.29, 1.82) is 0 Å². The molecule has 1 unspecified atom stereocenters. The summed E-state index contributed by atoms with van der Waals surface area (Å²) in [6, 6.07) is 20.8. The zero-order chi connectivity index (χ0) is 20.4. The Labute approximate surface area is 178 Å².